The third-order valence-corrected chi connectivity index (χ3v) is 4.64. The first-order chi connectivity index (χ1) is 5.11. The summed E-state index contributed by atoms with van der Waals surface area (Å²) in [4.78, 5) is 0. The quantitative estimate of drug-likeness (QED) is 0.705. The van der Waals surface area contributed by atoms with Crippen LogP contribution in [0.3, 0.4) is 0 Å². The first kappa shape index (κ1) is 8.95. The Labute approximate surface area is 73.8 Å². The van der Waals surface area contributed by atoms with Crippen LogP contribution >= 0.6 is 0 Å². The van der Waals surface area contributed by atoms with Crippen molar-refractivity contribution in [1.82, 2.24) is 10.2 Å². The average Bonchev–Trinajstić information content (AvgIpc) is 2.33. The van der Waals surface area contributed by atoms with E-state index in [-0.39, 0.29) is 0 Å². The molecule has 0 saturated carbocycles. The molecule has 3 heteroatoms. The molecule has 0 unspecified atom stereocenters. The fourth-order valence-corrected chi connectivity index (χ4v) is 2.49. The molecule has 0 radical (unpaired) electrons. The zero-order valence-corrected chi connectivity index (χ0v) is 9.17. The molecule has 1 aromatic heterocycles. The monoisotopic (exact) mass is 218 g/mol. The van der Waals surface area contributed by atoms with Crippen molar-refractivity contribution in [2.75, 3.05) is 0 Å². The van der Waals surface area contributed by atoms with Gasteiger partial charge in [-0.2, -0.15) is 0 Å². The van der Waals surface area contributed by atoms with Crippen molar-refractivity contribution in [2.24, 2.45) is 0 Å². The van der Waals surface area contributed by atoms with Crippen molar-refractivity contribution < 1.29 is 0 Å². The molecule has 0 fully saturated rings. The molecule has 1 aromatic rings. The van der Waals surface area contributed by atoms with Crippen molar-refractivity contribution in [3.63, 3.8) is 0 Å². The van der Waals surface area contributed by atoms with Gasteiger partial charge < -0.3 is 0 Å². The van der Waals surface area contributed by atoms with Crippen molar-refractivity contribution in [1.29, 1.82) is 0 Å². The molecule has 0 amide bonds. The summed E-state index contributed by atoms with van der Waals surface area (Å²) >= 11 is 0.447. The van der Waals surface area contributed by atoms with Gasteiger partial charge in [0.05, 0.1) is 0 Å². The Balaban J connectivity index is 2.82. The zero-order chi connectivity index (χ0) is 8.43. The third kappa shape index (κ3) is 2.14. The maximum atomic E-state index is 4.17. The van der Waals surface area contributed by atoms with Crippen molar-refractivity contribution >= 4 is 14.5 Å². The molecular weight excluding hydrogens is 203 g/mol. The Hall–Kier alpha value is -0.141. The van der Waals surface area contributed by atoms with E-state index < -0.39 is 0 Å². The molecule has 0 bridgehead atoms. The molecule has 0 aliphatic rings. The molecular formula is C8H14N2Se. The van der Waals surface area contributed by atoms with Gasteiger partial charge in [0.2, 0.25) is 0 Å². The molecule has 2 nitrogen and oxygen atoms in total. The van der Waals surface area contributed by atoms with Gasteiger partial charge in [0.1, 0.15) is 0 Å². The van der Waals surface area contributed by atoms with Crippen LogP contribution in [0.15, 0.2) is 0 Å². The van der Waals surface area contributed by atoms with Crippen LogP contribution in [-0.2, 0) is 0 Å². The molecule has 0 aliphatic carbocycles. The van der Waals surface area contributed by atoms with Crippen molar-refractivity contribution in [2.45, 2.75) is 39.5 Å². The fraction of sp³-hybridized carbons (Fsp3) is 0.750. The first-order valence-electron chi connectivity index (χ1n) is 3.94. The summed E-state index contributed by atoms with van der Waals surface area (Å²) in [7, 11) is 0. The number of nitrogens with zero attached hydrogens (tertiary/aromatic N) is 2. The molecule has 1 heterocycles. The maximum absolute atomic E-state index is 4.17. The Kier molecular flexibility index (Phi) is 2.85. The Morgan fingerprint density at radius 3 is 1.45 bits per heavy atom. The van der Waals surface area contributed by atoms with Gasteiger partial charge in [-0.1, -0.05) is 0 Å². The Morgan fingerprint density at radius 1 is 0.909 bits per heavy atom. The molecule has 0 atom stereocenters. The van der Waals surface area contributed by atoms with Gasteiger partial charge in [-0.15, -0.1) is 0 Å². The molecule has 0 N–H and O–H groups in total. The van der Waals surface area contributed by atoms with Crippen LogP contribution in [0.4, 0.5) is 0 Å². The van der Waals surface area contributed by atoms with Crippen LogP contribution in [0.5, 0.6) is 0 Å². The number of hydrogen-bond acceptors (Lipinski definition) is 2. The molecule has 11 heavy (non-hydrogen) atoms. The van der Waals surface area contributed by atoms with E-state index in [9.17, 15) is 0 Å². The summed E-state index contributed by atoms with van der Waals surface area (Å²) in [6, 6.07) is 0. The number of aromatic nitrogens is 2. The van der Waals surface area contributed by atoms with Crippen molar-refractivity contribution in [3.05, 3.63) is 9.14 Å². The van der Waals surface area contributed by atoms with Gasteiger partial charge in [-0.3, -0.25) is 0 Å². The van der Waals surface area contributed by atoms with E-state index in [2.05, 4.69) is 37.9 Å². The Morgan fingerprint density at radius 2 is 1.27 bits per heavy atom. The second-order valence-corrected chi connectivity index (χ2v) is 5.47. The second kappa shape index (κ2) is 3.50. The van der Waals surface area contributed by atoms with Gasteiger partial charge in [0.25, 0.3) is 0 Å². The summed E-state index contributed by atoms with van der Waals surface area (Å²) in [5.41, 5.74) is 0. The summed E-state index contributed by atoms with van der Waals surface area (Å²) < 4.78 is 2.59. The van der Waals surface area contributed by atoms with Crippen LogP contribution in [0, 0.1) is 0 Å². The van der Waals surface area contributed by atoms with Gasteiger partial charge in [-0.05, 0) is 0 Å². The van der Waals surface area contributed by atoms with Crippen LogP contribution in [-0.4, -0.2) is 24.7 Å². The van der Waals surface area contributed by atoms with Crippen LogP contribution < -0.4 is 0 Å². The summed E-state index contributed by atoms with van der Waals surface area (Å²) in [6.45, 7) is 8.72. The second-order valence-electron chi connectivity index (χ2n) is 3.29. The molecule has 0 aliphatic heterocycles. The van der Waals surface area contributed by atoms with Crippen molar-refractivity contribution in [3.8, 4) is 0 Å². The van der Waals surface area contributed by atoms with E-state index in [1.54, 1.807) is 0 Å². The number of hydrogen-bond donors (Lipinski definition) is 0. The molecule has 1 rings (SSSR count). The zero-order valence-electron chi connectivity index (χ0n) is 7.46. The first-order valence-corrected chi connectivity index (χ1v) is 5.66. The van der Waals surface area contributed by atoms with Crippen LogP contribution in [0.1, 0.15) is 48.7 Å². The summed E-state index contributed by atoms with van der Waals surface area (Å²) in [6.07, 6.45) is 0. The normalized spacial score (nSPS) is 11.5. The minimum atomic E-state index is 0.447. The number of rotatable bonds is 2. The van der Waals surface area contributed by atoms with E-state index >= 15 is 0 Å². The SMILES string of the molecule is CC(C)c1nnc(C(C)C)[se]1. The van der Waals surface area contributed by atoms with Gasteiger partial charge >= 0.3 is 73.4 Å². The van der Waals surface area contributed by atoms with Crippen LogP contribution in [0.2, 0.25) is 0 Å². The van der Waals surface area contributed by atoms with Gasteiger partial charge in [-0.25, -0.2) is 0 Å². The summed E-state index contributed by atoms with van der Waals surface area (Å²) in [5, 5.41) is 8.34. The van der Waals surface area contributed by atoms with E-state index in [0.29, 0.717) is 26.3 Å². The molecule has 0 saturated heterocycles. The minimum absolute atomic E-state index is 0.447. The predicted molar refractivity (Wildman–Crippen MR) is 47.2 cm³/mol. The van der Waals surface area contributed by atoms with Crippen LogP contribution in [0.25, 0.3) is 0 Å². The average molecular weight is 217 g/mol. The summed E-state index contributed by atoms with van der Waals surface area (Å²) in [5.74, 6) is 1.16. The third-order valence-electron chi connectivity index (χ3n) is 1.44. The fourth-order valence-electron chi connectivity index (χ4n) is 0.713. The van der Waals surface area contributed by atoms with Gasteiger partial charge in [0.15, 0.2) is 0 Å². The van der Waals surface area contributed by atoms with E-state index in [0.717, 1.165) is 0 Å². The standard InChI is InChI=1S/C8H14N2Se/c1-5(2)7-9-10-8(11-7)6(3)4/h5-6H,1-4H3. The molecule has 62 valence electrons. The molecule has 0 spiro atoms. The predicted octanol–water partition coefficient (Wildman–Crippen LogP) is 1.78. The topological polar surface area (TPSA) is 25.8 Å². The Bertz CT molecular complexity index is 205. The van der Waals surface area contributed by atoms with E-state index in [4.69, 9.17) is 0 Å². The van der Waals surface area contributed by atoms with E-state index in [1.807, 2.05) is 0 Å². The van der Waals surface area contributed by atoms with E-state index in [1.165, 1.54) is 9.14 Å². The van der Waals surface area contributed by atoms with Gasteiger partial charge in [0, 0.05) is 0 Å². The molecule has 0 aromatic carbocycles.